The molecule has 0 saturated carbocycles. The Morgan fingerprint density at radius 1 is 0.941 bits per heavy atom. The Morgan fingerprint density at radius 3 is 2.50 bits per heavy atom. The molecule has 34 heavy (non-hydrogen) atoms. The van der Waals surface area contributed by atoms with Gasteiger partial charge in [-0.1, -0.05) is 48.0 Å². The van der Waals surface area contributed by atoms with Gasteiger partial charge in [0.1, 0.15) is 0 Å². The number of hydrogen-bond acceptors (Lipinski definition) is 3. The van der Waals surface area contributed by atoms with Gasteiger partial charge >= 0.3 is 0 Å². The number of anilines is 2. The Balaban J connectivity index is 1.43. The maximum absolute atomic E-state index is 13.0. The van der Waals surface area contributed by atoms with E-state index in [0.717, 1.165) is 27.9 Å². The van der Waals surface area contributed by atoms with Crippen LogP contribution in [0.25, 0.3) is 0 Å². The Labute approximate surface area is 200 Å². The van der Waals surface area contributed by atoms with E-state index in [4.69, 9.17) is 0 Å². The van der Waals surface area contributed by atoms with Crippen LogP contribution in [0.4, 0.5) is 11.4 Å². The molecule has 174 valence electrons. The van der Waals surface area contributed by atoms with Crippen LogP contribution >= 0.6 is 0 Å². The van der Waals surface area contributed by atoms with Crippen molar-refractivity contribution in [2.45, 2.75) is 33.7 Å². The number of aryl methyl sites for hydroxylation is 3. The normalized spacial score (nSPS) is 15.3. The van der Waals surface area contributed by atoms with Crippen LogP contribution < -0.4 is 15.5 Å². The zero-order valence-electron chi connectivity index (χ0n) is 19.7. The van der Waals surface area contributed by atoms with Gasteiger partial charge in [0.15, 0.2) is 0 Å². The van der Waals surface area contributed by atoms with Gasteiger partial charge in [-0.3, -0.25) is 14.4 Å². The molecular formula is C28H29N3O3. The quantitative estimate of drug-likeness (QED) is 0.573. The molecule has 1 atom stereocenters. The third-order valence-electron chi connectivity index (χ3n) is 6.26. The van der Waals surface area contributed by atoms with Gasteiger partial charge in [0.05, 0.1) is 17.2 Å². The predicted molar refractivity (Wildman–Crippen MR) is 134 cm³/mol. The molecule has 6 heteroatoms. The molecule has 4 rings (SSSR count). The molecule has 1 aliphatic rings. The second-order valence-electron chi connectivity index (χ2n) is 8.88. The van der Waals surface area contributed by atoms with Crippen molar-refractivity contribution in [1.82, 2.24) is 5.32 Å². The van der Waals surface area contributed by atoms with E-state index < -0.39 is 5.92 Å². The lowest BCUT2D eigenvalue weighted by atomic mass is 10.1. The number of nitrogens with zero attached hydrogens (tertiary/aromatic N) is 1. The zero-order valence-corrected chi connectivity index (χ0v) is 19.7. The molecule has 1 saturated heterocycles. The topological polar surface area (TPSA) is 78.5 Å². The Kier molecular flexibility index (Phi) is 6.77. The van der Waals surface area contributed by atoms with Crippen molar-refractivity contribution < 1.29 is 14.4 Å². The molecule has 3 aromatic rings. The van der Waals surface area contributed by atoms with Crippen molar-refractivity contribution in [3.05, 3.63) is 94.5 Å². The van der Waals surface area contributed by atoms with Gasteiger partial charge in [-0.15, -0.1) is 0 Å². The Hall–Kier alpha value is -3.93. The second-order valence-corrected chi connectivity index (χ2v) is 8.88. The molecule has 3 aromatic carbocycles. The molecule has 0 bridgehead atoms. The monoisotopic (exact) mass is 455 g/mol. The Bertz CT molecular complexity index is 1250. The summed E-state index contributed by atoms with van der Waals surface area (Å²) in [6, 6.07) is 20.7. The fraction of sp³-hybridized carbons (Fsp3) is 0.250. The molecule has 1 heterocycles. The largest absolute Gasteiger partial charge is 0.348 e. The molecule has 0 spiro atoms. The van der Waals surface area contributed by atoms with E-state index in [1.54, 1.807) is 29.2 Å². The maximum Gasteiger partial charge on any atom is 0.253 e. The molecule has 0 aromatic heterocycles. The summed E-state index contributed by atoms with van der Waals surface area (Å²) in [7, 11) is 0. The van der Waals surface area contributed by atoms with Crippen LogP contribution in [0.5, 0.6) is 0 Å². The van der Waals surface area contributed by atoms with Crippen molar-refractivity contribution >= 4 is 29.1 Å². The average molecular weight is 456 g/mol. The van der Waals surface area contributed by atoms with Gasteiger partial charge in [0.2, 0.25) is 11.8 Å². The molecule has 3 amide bonds. The molecule has 6 nitrogen and oxygen atoms in total. The van der Waals surface area contributed by atoms with Gasteiger partial charge in [-0.25, -0.2) is 0 Å². The van der Waals surface area contributed by atoms with Crippen molar-refractivity contribution in [1.29, 1.82) is 0 Å². The SMILES string of the molecule is Cc1cccc(CNC(=O)c2ccccc2NC(=O)[C@@H]2CC(=O)N(c3ccc(C)c(C)c3)C2)c1. The smallest absolute Gasteiger partial charge is 0.253 e. The van der Waals surface area contributed by atoms with E-state index in [2.05, 4.69) is 10.6 Å². The highest BCUT2D eigenvalue weighted by atomic mass is 16.2. The summed E-state index contributed by atoms with van der Waals surface area (Å²) in [5, 5.41) is 5.79. The van der Waals surface area contributed by atoms with Crippen LogP contribution in [0.2, 0.25) is 0 Å². The summed E-state index contributed by atoms with van der Waals surface area (Å²) < 4.78 is 0. The van der Waals surface area contributed by atoms with Gasteiger partial charge in [0, 0.05) is 25.2 Å². The second kappa shape index (κ2) is 9.91. The molecule has 1 aliphatic heterocycles. The lowest BCUT2D eigenvalue weighted by Gasteiger charge is -2.18. The minimum absolute atomic E-state index is 0.0763. The third kappa shape index (κ3) is 5.17. The fourth-order valence-electron chi connectivity index (χ4n) is 4.15. The number of benzene rings is 3. The van der Waals surface area contributed by atoms with Crippen molar-refractivity contribution in [2.75, 3.05) is 16.8 Å². The highest BCUT2D eigenvalue weighted by molar-refractivity contribution is 6.07. The standard InChI is InChI=1S/C28H29N3O3/c1-18-7-6-8-21(13-18)16-29-28(34)24-9-4-5-10-25(24)30-27(33)22-15-26(32)31(17-22)23-12-11-19(2)20(3)14-23/h4-14,22H,15-17H2,1-3H3,(H,29,34)(H,30,33)/t22-/m1/s1. The summed E-state index contributed by atoms with van der Waals surface area (Å²) in [6.45, 7) is 6.74. The fourth-order valence-corrected chi connectivity index (χ4v) is 4.15. The maximum atomic E-state index is 13.0. The average Bonchev–Trinajstić information content (AvgIpc) is 3.21. The van der Waals surface area contributed by atoms with Crippen LogP contribution in [-0.2, 0) is 16.1 Å². The van der Waals surface area contributed by atoms with E-state index in [1.807, 2.05) is 63.2 Å². The molecule has 2 N–H and O–H groups in total. The highest BCUT2D eigenvalue weighted by Crippen LogP contribution is 2.28. The van der Waals surface area contributed by atoms with Gasteiger partial charge in [0.25, 0.3) is 5.91 Å². The summed E-state index contributed by atoms with van der Waals surface area (Å²) in [5.74, 6) is -1.10. The minimum Gasteiger partial charge on any atom is -0.348 e. The summed E-state index contributed by atoms with van der Waals surface area (Å²) >= 11 is 0. The van der Waals surface area contributed by atoms with Crippen LogP contribution in [0.3, 0.4) is 0 Å². The predicted octanol–water partition coefficient (Wildman–Crippen LogP) is 4.53. The van der Waals surface area contributed by atoms with Crippen molar-refractivity contribution in [3.63, 3.8) is 0 Å². The van der Waals surface area contributed by atoms with E-state index in [-0.39, 0.29) is 24.1 Å². The number of para-hydroxylation sites is 1. The number of rotatable bonds is 6. The molecule has 1 fully saturated rings. The van der Waals surface area contributed by atoms with E-state index >= 15 is 0 Å². The molecule has 0 unspecified atom stereocenters. The van der Waals surface area contributed by atoms with Crippen LogP contribution in [0.15, 0.2) is 66.7 Å². The summed E-state index contributed by atoms with van der Waals surface area (Å²) in [4.78, 5) is 40.2. The lowest BCUT2D eigenvalue weighted by Crippen LogP contribution is -2.29. The number of carbonyl (C=O) groups excluding carboxylic acids is 3. The van der Waals surface area contributed by atoms with E-state index in [9.17, 15) is 14.4 Å². The molecule has 0 aliphatic carbocycles. The highest BCUT2D eigenvalue weighted by Gasteiger charge is 2.35. The van der Waals surface area contributed by atoms with Gasteiger partial charge in [-0.05, 0) is 61.7 Å². The first kappa shape index (κ1) is 23.2. The number of nitrogens with one attached hydrogen (secondary N) is 2. The first-order valence-electron chi connectivity index (χ1n) is 11.4. The van der Waals surface area contributed by atoms with Crippen LogP contribution in [-0.4, -0.2) is 24.3 Å². The summed E-state index contributed by atoms with van der Waals surface area (Å²) in [5.41, 5.74) is 6.02. The molecular weight excluding hydrogens is 426 g/mol. The minimum atomic E-state index is -0.488. The number of hydrogen-bond donors (Lipinski definition) is 2. The first-order valence-corrected chi connectivity index (χ1v) is 11.4. The number of amides is 3. The molecule has 0 radical (unpaired) electrons. The third-order valence-corrected chi connectivity index (χ3v) is 6.26. The lowest BCUT2D eigenvalue weighted by molar-refractivity contribution is -0.122. The Morgan fingerprint density at radius 2 is 1.74 bits per heavy atom. The van der Waals surface area contributed by atoms with E-state index in [0.29, 0.717) is 24.3 Å². The number of carbonyl (C=O) groups is 3. The van der Waals surface area contributed by atoms with Gasteiger partial charge in [-0.2, -0.15) is 0 Å². The zero-order chi connectivity index (χ0) is 24.2. The van der Waals surface area contributed by atoms with Crippen molar-refractivity contribution in [3.8, 4) is 0 Å². The van der Waals surface area contributed by atoms with E-state index in [1.165, 1.54) is 0 Å². The van der Waals surface area contributed by atoms with Crippen molar-refractivity contribution in [2.24, 2.45) is 5.92 Å². The van der Waals surface area contributed by atoms with Crippen LogP contribution in [0, 0.1) is 26.7 Å². The summed E-state index contributed by atoms with van der Waals surface area (Å²) in [6.07, 6.45) is 0.139. The van der Waals surface area contributed by atoms with Crippen LogP contribution in [0.1, 0.15) is 39.0 Å². The van der Waals surface area contributed by atoms with Gasteiger partial charge < -0.3 is 15.5 Å². The first-order chi connectivity index (χ1) is 16.3.